The van der Waals surface area contributed by atoms with Gasteiger partial charge >= 0.3 is 5.97 Å². The zero-order chi connectivity index (χ0) is 22.8. The van der Waals surface area contributed by atoms with E-state index in [0.29, 0.717) is 28.4 Å². The predicted octanol–water partition coefficient (Wildman–Crippen LogP) is 4.14. The van der Waals surface area contributed by atoms with Gasteiger partial charge in [-0.05, 0) is 42.0 Å². The van der Waals surface area contributed by atoms with Crippen molar-refractivity contribution < 1.29 is 13.9 Å². The lowest BCUT2D eigenvalue weighted by Gasteiger charge is -2.10. The number of ether oxygens (including phenoxy) is 1. The van der Waals surface area contributed by atoms with Gasteiger partial charge in [0, 0.05) is 25.0 Å². The summed E-state index contributed by atoms with van der Waals surface area (Å²) in [6, 6.07) is 14.1. The molecule has 0 spiro atoms. The fraction of sp³-hybridized carbons (Fsp3) is 0.0833. The molecular weight excluding hydrogens is 423 g/mol. The number of benzene rings is 1. The summed E-state index contributed by atoms with van der Waals surface area (Å²) in [5.74, 6) is -0.127. The number of esters is 1. The monoisotopic (exact) mass is 440 g/mol. The quantitative estimate of drug-likeness (QED) is 0.379. The van der Waals surface area contributed by atoms with Crippen molar-refractivity contribution in [2.75, 3.05) is 0 Å². The number of carbonyl (C=O) groups is 1. The maximum Gasteiger partial charge on any atom is 0.302 e. The molecule has 0 saturated carbocycles. The topological polar surface area (TPSA) is 95.7 Å². The van der Waals surface area contributed by atoms with Gasteiger partial charge < -0.3 is 4.74 Å². The largest absolute Gasteiger partial charge is 0.461 e. The smallest absolute Gasteiger partial charge is 0.302 e. The van der Waals surface area contributed by atoms with Crippen LogP contribution in [-0.4, -0.2) is 35.5 Å². The zero-order valence-corrected chi connectivity index (χ0v) is 17.5. The number of imidazole rings is 1. The summed E-state index contributed by atoms with van der Waals surface area (Å²) in [6.45, 7) is 1.57. The molecule has 9 heteroatoms. The van der Waals surface area contributed by atoms with Crippen LogP contribution in [0.3, 0.4) is 0 Å². The van der Waals surface area contributed by atoms with E-state index < -0.39 is 5.82 Å². The third-order valence-corrected chi connectivity index (χ3v) is 4.95. The van der Waals surface area contributed by atoms with Crippen LogP contribution in [0.15, 0.2) is 73.4 Å². The number of fused-ring (bicyclic) bond motifs is 1. The molecule has 0 unspecified atom stereocenters. The molecule has 0 N–H and O–H groups in total. The molecule has 0 atom stereocenters. The molecule has 5 rings (SSSR count). The summed E-state index contributed by atoms with van der Waals surface area (Å²) < 4.78 is 20.3. The number of rotatable bonds is 5. The second-order valence-corrected chi connectivity index (χ2v) is 7.25. The highest BCUT2D eigenvalue weighted by atomic mass is 19.1. The van der Waals surface area contributed by atoms with Gasteiger partial charge in [-0.1, -0.05) is 12.1 Å². The van der Waals surface area contributed by atoms with Gasteiger partial charge in [-0.2, -0.15) is 0 Å². The van der Waals surface area contributed by atoms with Crippen LogP contribution in [0.25, 0.3) is 39.6 Å². The molecule has 33 heavy (non-hydrogen) atoms. The van der Waals surface area contributed by atoms with Crippen LogP contribution in [0.4, 0.5) is 4.39 Å². The molecule has 0 aliphatic rings. The Labute approximate surface area is 187 Å². The second-order valence-electron chi connectivity index (χ2n) is 7.25. The minimum atomic E-state index is -0.412. The van der Waals surface area contributed by atoms with Gasteiger partial charge in [0.15, 0.2) is 5.65 Å². The van der Waals surface area contributed by atoms with E-state index in [4.69, 9.17) is 14.7 Å². The van der Waals surface area contributed by atoms with Crippen LogP contribution in [0.1, 0.15) is 12.5 Å². The highest BCUT2D eigenvalue weighted by Gasteiger charge is 2.17. The Kier molecular flexibility index (Phi) is 5.27. The Balaban J connectivity index is 1.66. The van der Waals surface area contributed by atoms with Gasteiger partial charge in [-0.15, -0.1) is 0 Å². The molecule has 4 heterocycles. The third kappa shape index (κ3) is 4.16. The lowest BCUT2D eigenvalue weighted by atomic mass is 10.2. The number of hydrogen-bond acceptors (Lipinski definition) is 7. The maximum atomic E-state index is 13.3. The number of nitrogens with zero attached hydrogens (tertiary/aromatic N) is 6. The molecule has 0 radical (unpaired) electrons. The average Bonchev–Trinajstić information content (AvgIpc) is 3.23. The molecular formula is C24H17FN6O2. The van der Waals surface area contributed by atoms with Crippen LogP contribution in [0.2, 0.25) is 0 Å². The average molecular weight is 440 g/mol. The molecule has 0 saturated heterocycles. The van der Waals surface area contributed by atoms with E-state index in [1.165, 1.54) is 19.3 Å². The van der Waals surface area contributed by atoms with Gasteiger partial charge in [0.05, 0.1) is 23.1 Å². The molecule has 1 aromatic carbocycles. The van der Waals surface area contributed by atoms with E-state index in [1.807, 2.05) is 34.9 Å². The van der Waals surface area contributed by atoms with Crippen LogP contribution >= 0.6 is 0 Å². The van der Waals surface area contributed by atoms with E-state index >= 15 is 0 Å². The first-order chi connectivity index (χ1) is 16.1. The number of pyridine rings is 2. The van der Waals surface area contributed by atoms with E-state index in [0.717, 1.165) is 23.0 Å². The molecule has 4 aromatic heterocycles. The lowest BCUT2D eigenvalue weighted by Crippen LogP contribution is -2.02. The van der Waals surface area contributed by atoms with Crippen LogP contribution < -0.4 is 0 Å². The minimum absolute atomic E-state index is 0.193. The Hall–Kier alpha value is -4.53. The number of hydrogen-bond donors (Lipinski definition) is 0. The highest BCUT2D eigenvalue weighted by molar-refractivity contribution is 5.82. The summed E-state index contributed by atoms with van der Waals surface area (Å²) >= 11 is 0. The first kappa shape index (κ1) is 20.4. The van der Waals surface area contributed by atoms with Crippen LogP contribution in [0, 0.1) is 5.82 Å². The van der Waals surface area contributed by atoms with Crippen molar-refractivity contribution in [3.05, 3.63) is 84.8 Å². The second kappa shape index (κ2) is 8.54. The predicted molar refractivity (Wildman–Crippen MR) is 119 cm³/mol. The minimum Gasteiger partial charge on any atom is -0.461 e. The lowest BCUT2D eigenvalue weighted by molar-refractivity contribution is -0.142. The molecule has 0 aliphatic heterocycles. The molecule has 5 aromatic rings. The van der Waals surface area contributed by atoms with Crippen molar-refractivity contribution >= 4 is 17.1 Å². The molecule has 162 valence electrons. The normalized spacial score (nSPS) is 11.0. The SMILES string of the molecule is CC(=O)OCc1ccc(-n2c(-c3cncnc3)nc3ccc(-c4ccc(F)cn4)nc32)cc1. The van der Waals surface area contributed by atoms with Crippen molar-refractivity contribution in [1.82, 2.24) is 29.5 Å². The number of aromatic nitrogens is 6. The number of halogens is 1. The Morgan fingerprint density at radius 1 is 0.939 bits per heavy atom. The van der Waals surface area contributed by atoms with E-state index in [9.17, 15) is 9.18 Å². The summed E-state index contributed by atoms with van der Waals surface area (Å²) in [5.41, 5.74) is 4.79. The van der Waals surface area contributed by atoms with Crippen LogP contribution in [0.5, 0.6) is 0 Å². The zero-order valence-electron chi connectivity index (χ0n) is 17.5. The third-order valence-electron chi connectivity index (χ3n) is 4.95. The van der Waals surface area contributed by atoms with E-state index in [2.05, 4.69) is 15.0 Å². The summed E-state index contributed by atoms with van der Waals surface area (Å²) in [7, 11) is 0. The summed E-state index contributed by atoms with van der Waals surface area (Å²) in [5, 5.41) is 0. The Bertz CT molecular complexity index is 1430. The number of carbonyl (C=O) groups excluding carboxylic acids is 1. The fourth-order valence-corrected chi connectivity index (χ4v) is 3.41. The van der Waals surface area contributed by atoms with Gasteiger partial charge in [0.25, 0.3) is 0 Å². The first-order valence-electron chi connectivity index (χ1n) is 10.1. The maximum absolute atomic E-state index is 13.3. The Morgan fingerprint density at radius 2 is 1.70 bits per heavy atom. The van der Waals surface area contributed by atoms with Gasteiger partial charge in [0.2, 0.25) is 0 Å². The van der Waals surface area contributed by atoms with Crippen molar-refractivity contribution in [1.29, 1.82) is 0 Å². The van der Waals surface area contributed by atoms with E-state index in [1.54, 1.807) is 24.5 Å². The van der Waals surface area contributed by atoms with Gasteiger partial charge in [-0.3, -0.25) is 14.3 Å². The van der Waals surface area contributed by atoms with Crippen molar-refractivity contribution in [2.45, 2.75) is 13.5 Å². The fourth-order valence-electron chi connectivity index (χ4n) is 3.41. The van der Waals surface area contributed by atoms with E-state index in [-0.39, 0.29) is 12.6 Å². The standard InChI is InChI=1S/C24H17FN6O2/c1-15(32)33-13-16-2-5-19(6-3-16)31-23(17-10-26-14-27-11-17)30-22-9-8-21(29-24(22)31)20-7-4-18(25)12-28-20/h2-12,14H,13H2,1H3. The molecule has 8 nitrogen and oxygen atoms in total. The van der Waals surface area contributed by atoms with Crippen LogP contribution in [-0.2, 0) is 16.1 Å². The molecule has 0 amide bonds. The Morgan fingerprint density at radius 3 is 2.39 bits per heavy atom. The van der Waals surface area contributed by atoms with Gasteiger partial charge in [0.1, 0.15) is 30.1 Å². The molecule has 0 aliphatic carbocycles. The summed E-state index contributed by atoms with van der Waals surface area (Å²) in [6.07, 6.45) is 5.98. The van der Waals surface area contributed by atoms with Gasteiger partial charge in [-0.25, -0.2) is 24.3 Å². The molecule has 0 fully saturated rings. The summed E-state index contributed by atoms with van der Waals surface area (Å²) in [4.78, 5) is 33.0. The first-order valence-corrected chi connectivity index (χ1v) is 10.1. The van der Waals surface area contributed by atoms with Crippen molar-refractivity contribution in [3.63, 3.8) is 0 Å². The van der Waals surface area contributed by atoms with Crippen molar-refractivity contribution in [2.24, 2.45) is 0 Å². The van der Waals surface area contributed by atoms with Crippen molar-refractivity contribution in [3.8, 4) is 28.5 Å². The molecule has 0 bridgehead atoms. The highest BCUT2D eigenvalue weighted by Crippen LogP contribution is 2.29.